The van der Waals surface area contributed by atoms with Crippen molar-refractivity contribution in [3.63, 3.8) is 0 Å². The van der Waals surface area contributed by atoms with Crippen LogP contribution in [0.3, 0.4) is 0 Å². The van der Waals surface area contributed by atoms with Crippen LogP contribution in [-0.4, -0.2) is 33.6 Å². The molecule has 0 bridgehead atoms. The van der Waals surface area contributed by atoms with Gasteiger partial charge in [0.1, 0.15) is 6.54 Å². The van der Waals surface area contributed by atoms with Gasteiger partial charge >= 0.3 is 11.8 Å². The Morgan fingerprint density at radius 2 is 2.29 bits per heavy atom. The SMILES string of the molecule is O=C(O)CN(c1ccc([N+](=O)[O-])nc1)C1CC1. The summed E-state index contributed by atoms with van der Waals surface area (Å²) in [5.74, 6) is -1.16. The van der Waals surface area contributed by atoms with Crippen LogP contribution in [0.15, 0.2) is 18.3 Å². The first kappa shape index (κ1) is 11.3. The first-order valence-corrected chi connectivity index (χ1v) is 5.17. The third kappa shape index (κ3) is 2.68. The lowest BCUT2D eigenvalue weighted by Gasteiger charge is -2.20. The van der Waals surface area contributed by atoms with Crippen LogP contribution in [0.1, 0.15) is 12.8 Å². The molecule has 0 aliphatic heterocycles. The van der Waals surface area contributed by atoms with Gasteiger partial charge in [-0.15, -0.1) is 0 Å². The molecule has 0 saturated heterocycles. The highest BCUT2D eigenvalue weighted by Crippen LogP contribution is 2.31. The molecule has 1 aromatic heterocycles. The maximum atomic E-state index is 10.7. The largest absolute Gasteiger partial charge is 0.480 e. The second-order valence-corrected chi connectivity index (χ2v) is 3.88. The Morgan fingerprint density at radius 3 is 2.71 bits per heavy atom. The number of aliphatic carboxylic acids is 1. The van der Waals surface area contributed by atoms with E-state index >= 15 is 0 Å². The minimum Gasteiger partial charge on any atom is -0.480 e. The van der Waals surface area contributed by atoms with Crippen LogP contribution in [0, 0.1) is 10.1 Å². The fourth-order valence-electron chi connectivity index (χ4n) is 1.62. The van der Waals surface area contributed by atoms with E-state index in [1.807, 2.05) is 0 Å². The summed E-state index contributed by atoms with van der Waals surface area (Å²) in [7, 11) is 0. The number of hydrogen-bond acceptors (Lipinski definition) is 5. The van der Waals surface area contributed by atoms with Crippen molar-refractivity contribution < 1.29 is 14.8 Å². The van der Waals surface area contributed by atoms with Gasteiger partial charge in [0.2, 0.25) is 0 Å². The van der Waals surface area contributed by atoms with Gasteiger partial charge in [-0.1, -0.05) is 0 Å². The quantitative estimate of drug-likeness (QED) is 0.607. The van der Waals surface area contributed by atoms with Crippen molar-refractivity contribution in [3.05, 3.63) is 28.4 Å². The van der Waals surface area contributed by atoms with E-state index in [0.29, 0.717) is 5.69 Å². The zero-order chi connectivity index (χ0) is 12.4. The lowest BCUT2D eigenvalue weighted by atomic mass is 10.3. The molecular formula is C10H11N3O4. The smallest absolute Gasteiger partial charge is 0.363 e. The van der Waals surface area contributed by atoms with Crippen molar-refractivity contribution in [3.8, 4) is 0 Å². The number of nitro groups is 1. The molecule has 1 aliphatic carbocycles. The van der Waals surface area contributed by atoms with E-state index in [1.54, 1.807) is 4.90 Å². The molecule has 7 heteroatoms. The van der Waals surface area contributed by atoms with Crippen molar-refractivity contribution in [1.82, 2.24) is 4.98 Å². The number of anilines is 1. The standard InChI is InChI=1S/C10H11N3O4/c14-10(15)6-12(7-1-2-7)8-3-4-9(11-5-8)13(16)17/h3-5,7H,1-2,6H2,(H,14,15). The van der Waals surface area contributed by atoms with E-state index in [2.05, 4.69) is 4.98 Å². The van der Waals surface area contributed by atoms with Gasteiger partial charge in [0.05, 0.1) is 5.69 Å². The number of nitrogens with zero attached hydrogens (tertiary/aromatic N) is 3. The minimum atomic E-state index is -0.921. The predicted octanol–water partition coefficient (Wildman–Crippen LogP) is 1.04. The second kappa shape index (κ2) is 4.36. The predicted molar refractivity (Wildman–Crippen MR) is 58.9 cm³/mol. The lowest BCUT2D eigenvalue weighted by Crippen LogP contribution is -2.31. The molecule has 17 heavy (non-hydrogen) atoms. The maximum absolute atomic E-state index is 10.7. The number of carbonyl (C=O) groups is 1. The average molecular weight is 237 g/mol. The molecule has 90 valence electrons. The summed E-state index contributed by atoms with van der Waals surface area (Å²) in [6.45, 7) is -0.107. The Hall–Kier alpha value is -2.18. The van der Waals surface area contributed by atoms with Gasteiger partial charge in [-0.25, -0.2) is 0 Å². The summed E-state index contributed by atoms with van der Waals surface area (Å²) in [6.07, 6.45) is 3.24. The van der Waals surface area contributed by atoms with Crippen molar-refractivity contribution in [2.75, 3.05) is 11.4 Å². The fourth-order valence-corrected chi connectivity index (χ4v) is 1.62. The van der Waals surface area contributed by atoms with Crippen molar-refractivity contribution in [1.29, 1.82) is 0 Å². The number of aromatic nitrogens is 1. The minimum absolute atomic E-state index is 0.107. The normalized spacial score (nSPS) is 14.4. The Kier molecular flexibility index (Phi) is 2.90. The van der Waals surface area contributed by atoms with E-state index in [-0.39, 0.29) is 18.4 Å². The maximum Gasteiger partial charge on any atom is 0.363 e. The number of pyridine rings is 1. The van der Waals surface area contributed by atoms with E-state index in [0.717, 1.165) is 12.8 Å². The number of carboxylic acids is 1. The average Bonchev–Trinajstić information content (AvgIpc) is 3.09. The highest BCUT2D eigenvalue weighted by molar-refractivity contribution is 5.74. The molecular weight excluding hydrogens is 226 g/mol. The first-order valence-electron chi connectivity index (χ1n) is 5.17. The van der Waals surface area contributed by atoms with Gasteiger partial charge in [0, 0.05) is 12.1 Å². The summed E-state index contributed by atoms with van der Waals surface area (Å²) < 4.78 is 0. The summed E-state index contributed by atoms with van der Waals surface area (Å²) in [5.41, 5.74) is 0.612. The van der Waals surface area contributed by atoms with Crippen LogP contribution < -0.4 is 4.90 Å². The topological polar surface area (TPSA) is 96.6 Å². The number of rotatable bonds is 5. The molecule has 1 aliphatic rings. The van der Waals surface area contributed by atoms with E-state index in [4.69, 9.17) is 5.11 Å². The van der Waals surface area contributed by atoms with Gasteiger partial charge in [-0.05, 0) is 28.8 Å². The molecule has 0 atom stereocenters. The van der Waals surface area contributed by atoms with Crippen molar-refractivity contribution in [2.45, 2.75) is 18.9 Å². The fraction of sp³-hybridized carbons (Fsp3) is 0.400. The molecule has 1 saturated carbocycles. The molecule has 1 fully saturated rings. The van der Waals surface area contributed by atoms with Gasteiger partial charge in [-0.2, -0.15) is 0 Å². The molecule has 1 aromatic rings. The summed E-state index contributed by atoms with van der Waals surface area (Å²) in [6, 6.07) is 3.04. The van der Waals surface area contributed by atoms with Crippen LogP contribution in [0.4, 0.5) is 11.5 Å². The van der Waals surface area contributed by atoms with E-state index in [1.165, 1.54) is 18.3 Å². The monoisotopic (exact) mass is 237 g/mol. The van der Waals surface area contributed by atoms with Gasteiger partial charge < -0.3 is 20.1 Å². The van der Waals surface area contributed by atoms with Crippen LogP contribution >= 0.6 is 0 Å². The van der Waals surface area contributed by atoms with Crippen molar-refractivity contribution in [2.24, 2.45) is 0 Å². The lowest BCUT2D eigenvalue weighted by molar-refractivity contribution is -0.389. The molecule has 1 heterocycles. The van der Waals surface area contributed by atoms with Crippen LogP contribution in [0.2, 0.25) is 0 Å². The van der Waals surface area contributed by atoms with Crippen molar-refractivity contribution >= 4 is 17.5 Å². The summed E-state index contributed by atoms with van der Waals surface area (Å²) >= 11 is 0. The van der Waals surface area contributed by atoms with Gasteiger partial charge in [0.15, 0.2) is 6.20 Å². The third-order valence-electron chi connectivity index (χ3n) is 2.54. The van der Waals surface area contributed by atoms with Crippen LogP contribution in [0.5, 0.6) is 0 Å². The third-order valence-corrected chi connectivity index (χ3v) is 2.54. The Labute approximate surface area is 96.8 Å². The van der Waals surface area contributed by atoms with E-state index in [9.17, 15) is 14.9 Å². The molecule has 0 radical (unpaired) electrons. The number of hydrogen-bond donors (Lipinski definition) is 1. The highest BCUT2D eigenvalue weighted by Gasteiger charge is 2.31. The molecule has 0 amide bonds. The molecule has 1 N–H and O–H groups in total. The summed E-state index contributed by atoms with van der Waals surface area (Å²) in [4.78, 5) is 26.0. The zero-order valence-electron chi connectivity index (χ0n) is 8.94. The van der Waals surface area contributed by atoms with E-state index < -0.39 is 10.9 Å². The first-order chi connectivity index (χ1) is 8.08. The van der Waals surface area contributed by atoms with Crippen LogP contribution in [0.25, 0.3) is 0 Å². The zero-order valence-corrected chi connectivity index (χ0v) is 8.94. The molecule has 0 spiro atoms. The second-order valence-electron chi connectivity index (χ2n) is 3.88. The van der Waals surface area contributed by atoms with Gasteiger partial charge in [0.25, 0.3) is 0 Å². The Bertz CT molecular complexity index is 441. The number of carboxylic acid groups (broad SMARTS) is 1. The molecule has 0 aromatic carbocycles. The van der Waals surface area contributed by atoms with Crippen LogP contribution in [-0.2, 0) is 4.79 Å². The molecule has 7 nitrogen and oxygen atoms in total. The Balaban J connectivity index is 2.18. The molecule has 2 rings (SSSR count). The highest BCUT2D eigenvalue weighted by atomic mass is 16.6. The molecule has 0 unspecified atom stereocenters. The Morgan fingerprint density at radius 1 is 1.59 bits per heavy atom. The summed E-state index contributed by atoms with van der Waals surface area (Å²) in [5, 5.41) is 19.2. The van der Waals surface area contributed by atoms with Gasteiger partial charge in [-0.3, -0.25) is 4.79 Å².